The summed E-state index contributed by atoms with van der Waals surface area (Å²) in [5, 5.41) is 9.72. The molecule has 0 radical (unpaired) electrons. The van der Waals surface area contributed by atoms with Crippen LogP contribution in [-0.2, 0) is 9.47 Å². The maximum Gasteiger partial charge on any atom is 0.0661 e. The molecule has 4 aliphatic rings. The summed E-state index contributed by atoms with van der Waals surface area (Å²) < 4.78 is 12.0. The number of methoxy groups -OCH3 is 2. The Morgan fingerprint density at radius 2 is 1.45 bits per heavy atom. The van der Waals surface area contributed by atoms with Crippen LogP contribution < -0.4 is 0 Å². The molecule has 4 rings (SSSR count). The molecule has 0 N–H and O–H groups in total. The molecule has 4 aliphatic carbocycles. The highest BCUT2D eigenvalue weighted by molar-refractivity contribution is 5.15. The molecule has 168 valence electrons. The molecule has 29 heavy (non-hydrogen) atoms. The van der Waals surface area contributed by atoms with Gasteiger partial charge in [-0.1, -0.05) is 41.5 Å². The van der Waals surface area contributed by atoms with Crippen LogP contribution in [-0.4, -0.2) is 26.4 Å². The van der Waals surface area contributed by atoms with Gasteiger partial charge in [0.15, 0.2) is 0 Å². The number of hydrogen-bond donors (Lipinski definition) is 0. The van der Waals surface area contributed by atoms with Gasteiger partial charge in [-0.2, -0.15) is 5.26 Å². The average Bonchev–Trinajstić information content (AvgIpc) is 3.10. The Hall–Kier alpha value is -0.590. The smallest absolute Gasteiger partial charge is 0.0661 e. The number of nitrogens with zero attached hydrogens (tertiary/aromatic N) is 1. The minimum Gasteiger partial charge on any atom is -0.381 e. The Labute approximate surface area is 180 Å². The molecule has 0 aliphatic heterocycles. The van der Waals surface area contributed by atoms with Crippen molar-refractivity contribution >= 4 is 0 Å². The Morgan fingerprint density at radius 3 is 2.03 bits per heavy atom. The largest absolute Gasteiger partial charge is 0.381 e. The average molecular weight is 406 g/mol. The van der Waals surface area contributed by atoms with Crippen LogP contribution in [0.2, 0.25) is 0 Å². The van der Waals surface area contributed by atoms with E-state index < -0.39 is 0 Å². The molecule has 0 aromatic heterocycles. The van der Waals surface area contributed by atoms with E-state index >= 15 is 0 Å². The van der Waals surface area contributed by atoms with E-state index in [1.165, 1.54) is 38.5 Å². The van der Waals surface area contributed by atoms with Gasteiger partial charge in [0.05, 0.1) is 24.2 Å². The van der Waals surface area contributed by atoms with E-state index in [1.54, 1.807) is 0 Å². The maximum absolute atomic E-state index is 9.72. The first-order valence-electron chi connectivity index (χ1n) is 12.4. The van der Waals surface area contributed by atoms with Crippen LogP contribution in [0.25, 0.3) is 0 Å². The van der Waals surface area contributed by atoms with Gasteiger partial charge in [-0.15, -0.1) is 0 Å². The van der Waals surface area contributed by atoms with Crippen molar-refractivity contribution in [2.24, 2.45) is 40.4 Å². The Morgan fingerprint density at radius 1 is 0.793 bits per heavy atom. The number of fused-ring (bicyclic) bond motifs is 5. The minimum absolute atomic E-state index is 0.162. The van der Waals surface area contributed by atoms with E-state index in [2.05, 4.69) is 19.9 Å². The first-order valence-corrected chi connectivity index (χ1v) is 12.4. The molecular weight excluding hydrogens is 358 g/mol. The third kappa shape index (κ3) is 4.01. The van der Waals surface area contributed by atoms with Crippen LogP contribution in [0.3, 0.4) is 0 Å². The highest BCUT2D eigenvalue weighted by Gasteiger charge is 2.63. The summed E-state index contributed by atoms with van der Waals surface area (Å²) in [6.07, 6.45) is 10.6. The third-order valence-electron chi connectivity index (χ3n) is 9.27. The number of hydrogen-bond acceptors (Lipinski definition) is 3. The summed E-state index contributed by atoms with van der Waals surface area (Å²) in [5.74, 6) is 3.15. The van der Waals surface area contributed by atoms with Gasteiger partial charge in [-0.25, -0.2) is 0 Å². The van der Waals surface area contributed by atoms with Crippen molar-refractivity contribution in [2.75, 3.05) is 14.2 Å². The summed E-state index contributed by atoms with van der Waals surface area (Å²) in [6, 6.07) is 2.65. The van der Waals surface area contributed by atoms with Gasteiger partial charge in [0.25, 0.3) is 0 Å². The molecule has 0 aromatic rings. The molecule has 0 spiro atoms. The molecule has 0 amide bonds. The number of nitriles is 1. The first-order chi connectivity index (χ1) is 14.0. The third-order valence-corrected chi connectivity index (χ3v) is 9.27. The van der Waals surface area contributed by atoms with Crippen molar-refractivity contribution in [1.29, 1.82) is 5.26 Å². The molecular formula is C26H47NO2. The van der Waals surface area contributed by atoms with Crippen LogP contribution in [0.1, 0.15) is 92.9 Å². The highest BCUT2D eigenvalue weighted by Crippen LogP contribution is 2.67. The second-order valence-electron chi connectivity index (χ2n) is 9.96. The van der Waals surface area contributed by atoms with Crippen LogP contribution in [0.5, 0.6) is 0 Å². The first kappa shape index (κ1) is 24.7. The summed E-state index contributed by atoms with van der Waals surface area (Å²) in [7, 11) is 3.79. The number of rotatable bonds is 2. The fourth-order valence-electron chi connectivity index (χ4n) is 8.04. The summed E-state index contributed by atoms with van der Waals surface area (Å²) >= 11 is 0. The van der Waals surface area contributed by atoms with Crippen molar-refractivity contribution in [3.8, 4) is 6.07 Å². The molecule has 0 saturated heterocycles. The van der Waals surface area contributed by atoms with Gasteiger partial charge >= 0.3 is 0 Å². The summed E-state index contributed by atoms with van der Waals surface area (Å²) in [6.45, 7) is 12.9. The van der Waals surface area contributed by atoms with E-state index in [0.29, 0.717) is 29.5 Å². The van der Waals surface area contributed by atoms with Gasteiger partial charge in [-0.3, -0.25) is 0 Å². The van der Waals surface area contributed by atoms with Gasteiger partial charge in [-0.05, 0) is 85.9 Å². The van der Waals surface area contributed by atoms with E-state index in [0.717, 1.165) is 24.7 Å². The minimum atomic E-state index is 0.162. The van der Waals surface area contributed by atoms with Crippen molar-refractivity contribution in [3.63, 3.8) is 0 Å². The molecule has 4 saturated carbocycles. The second kappa shape index (κ2) is 10.1. The zero-order chi connectivity index (χ0) is 21.8. The lowest BCUT2D eigenvalue weighted by molar-refractivity contribution is -0.187. The molecule has 0 heterocycles. The van der Waals surface area contributed by atoms with Crippen molar-refractivity contribution < 1.29 is 9.47 Å². The molecule has 3 nitrogen and oxygen atoms in total. The zero-order valence-corrected chi connectivity index (χ0v) is 20.5. The monoisotopic (exact) mass is 405 g/mol. The predicted octanol–water partition coefficient (Wildman–Crippen LogP) is 6.86. The lowest BCUT2D eigenvalue weighted by atomic mass is 9.44. The van der Waals surface area contributed by atoms with Crippen molar-refractivity contribution in [2.45, 2.75) is 105 Å². The maximum atomic E-state index is 9.72. The van der Waals surface area contributed by atoms with Crippen LogP contribution in [0.15, 0.2) is 0 Å². The quantitative estimate of drug-likeness (QED) is 0.504. The fraction of sp³-hybridized carbons (Fsp3) is 0.962. The molecule has 0 aromatic carbocycles. The van der Waals surface area contributed by atoms with Gasteiger partial charge in [0, 0.05) is 14.2 Å². The van der Waals surface area contributed by atoms with Crippen LogP contribution >= 0.6 is 0 Å². The Bertz CT molecular complexity index is 557. The van der Waals surface area contributed by atoms with E-state index in [9.17, 15) is 5.26 Å². The molecule has 3 heteroatoms. The van der Waals surface area contributed by atoms with Gasteiger partial charge in [0.2, 0.25) is 0 Å². The predicted molar refractivity (Wildman–Crippen MR) is 121 cm³/mol. The second-order valence-corrected chi connectivity index (χ2v) is 9.96. The van der Waals surface area contributed by atoms with E-state index in [1.807, 2.05) is 41.9 Å². The Balaban J connectivity index is 0.000000707. The summed E-state index contributed by atoms with van der Waals surface area (Å²) in [4.78, 5) is 0. The standard InChI is InChI=1S/C22H35NO2.2C2H6/c1-21-12-19(25-4)20-17(18(21)10-7-15(21)13-23)9-6-14-5-8-16(24-3)11-22(14,20)2;2*1-2/h14-20H,5-12H2,1-4H3;2*1-2H3. The lowest BCUT2D eigenvalue weighted by Crippen LogP contribution is -2.59. The SMILES string of the molecule is CC.CC.COC1CCC2CCC3C4CCC(C#N)C4(C)CC(OC)C3C2(C)C1. The molecule has 0 bridgehead atoms. The molecule has 9 unspecified atom stereocenters. The fourth-order valence-corrected chi connectivity index (χ4v) is 8.04. The zero-order valence-electron chi connectivity index (χ0n) is 20.5. The Kier molecular flexibility index (Phi) is 8.63. The van der Waals surface area contributed by atoms with Crippen LogP contribution in [0, 0.1) is 51.8 Å². The van der Waals surface area contributed by atoms with Gasteiger partial charge in [0.1, 0.15) is 0 Å². The molecule has 9 atom stereocenters. The van der Waals surface area contributed by atoms with E-state index in [4.69, 9.17) is 9.47 Å². The van der Waals surface area contributed by atoms with Crippen molar-refractivity contribution in [1.82, 2.24) is 0 Å². The highest BCUT2D eigenvalue weighted by atomic mass is 16.5. The van der Waals surface area contributed by atoms with E-state index in [-0.39, 0.29) is 11.3 Å². The number of ether oxygens (including phenoxy) is 2. The topological polar surface area (TPSA) is 42.2 Å². The summed E-state index contributed by atoms with van der Waals surface area (Å²) in [5.41, 5.74) is 0.504. The van der Waals surface area contributed by atoms with Crippen molar-refractivity contribution in [3.05, 3.63) is 0 Å². The molecule has 4 fully saturated rings. The van der Waals surface area contributed by atoms with Crippen LogP contribution in [0.4, 0.5) is 0 Å². The lowest BCUT2D eigenvalue weighted by Gasteiger charge is -2.62. The van der Waals surface area contributed by atoms with Gasteiger partial charge < -0.3 is 9.47 Å². The normalized spacial score (nSPS) is 47.8.